The fraction of sp³-hybridized carbons (Fsp3) is 0.368. The van der Waals surface area contributed by atoms with Gasteiger partial charge in [0.1, 0.15) is 17.0 Å². The third-order valence-corrected chi connectivity index (χ3v) is 6.15. The maximum absolute atomic E-state index is 5.46. The van der Waals surface area contributed by atoms with Crippen molar-refractivity contribution < 1.29 is 9.47 Å². The van der Waals surface area contributed by atoms with E-state index in [2.05, 4.69) is 28.3 Å². The second-order valence-corrected chi connectivity index (χ2v) is 7.88. The van der Waals surface area contributed by atoms with Crippen molar-refractivity contribution in [2.45, 2.75) is 32.7 Å². The lowest BCUT2D eigenvalue weighted by Gasteiger charge is -2.18. The van der Waals surface area contributed by atoms with Crippen molar-refractivity contribution in [1.29, 1.82) is 0 Å². The molecule has 6 heteroatoms. The summed E-state index contributed by atoms with van der Waals surface area (Å²) in [5.41, 5.74) is 2.60. The minimum Gasteiger partial charge on any atom is -0.454 e. The molecule has 0 spiro atoms. The van der Waals surface area contributed by atoms with Crippen LogP contribution < -0.4 is 14.8 Å². The first kappa shape index (κ1) is 15.0. The number of nitrogens with one attached hydrogen (secondary N) is 1. The fourth-order valence-corrected chi connectivity index (χ4v) is 5.00. The van der Waals surface area contributed by atoms with Gasteiger partial charge in [0.15, 0.2) is 11.5 Å². The van der Waals surface area contributed by atoms with Crippen molar-refractivity contribution in [3.05, 3.63) is 40.5 Å². The van der Waals surface area contributed by atoms with Crippen molar-refractivity contribution in [3.8, 4) is 11.5 Å². The molecule has 1 aliphatic heterocycles. The van der Waals surface area contributed by atoms with Gasteiger partial charge in [0.05, 0.1) is 5.39 Å². The SMILES string of the molecule is C[C@H]1CCc2c(sc3ncnc(NCc4ccc5c(c4)OCO5)c23)C1. The van der Waals surface area contributed by atoms with E-state index in [9.17, 15) is 0 Å². The van der Waals surface area contributed by atoms with Gasteiger partial charge in [-0.25, -0.2) is 9.97 Å². The van der Waals surface area contributed by atoms with E-state index in [1.807, 2.05) is 23.5 Å². The summed E-state index contributed by atoms with van der Waals surface area (Å²) in [4.78, 5) is 11.6. The predicted molar refractivity (Wildman–Crippen MR) is 98.5 cm³/mol. The minimum absolute atomic E-state index is 0.304. The van der Waals surface area contributed by atoms with Gasteiger partial charge in [-0.3, -0.25) is 0 Å². The molecule has 0 fully saturated rings. The van der Waals surface area contributed by atoms with E-state index in [1.165, 1.54) is 22.2 Å². The number of rotatable bonds is 3. The number of hydrogen-bond acceptors (Lipinski definition) is 6. The maximum atomic E-state index is 5.46. The molecule has 5 rings (SSSR count). The summed E-state index contributed by atoms with van der Waals surface area (Å²) in [6.45, 7) is 3.33. The number of anilines is 1. The summed E-state index contributed by atoms with van der Waals surface area (Å²) in [6, 6.07) is 6.05. The minimum atomic E-state index is 0.304. The third-order valence-electron chi connectivity index (χ3n) is 4.99. The van der Waals surface area contributed by atoms with Gasteiger partial charge in [0.2, 0.25) is 6.79 Å². The van der Waals surface area contributed by atoms with E-state index in [0.29, 0.717) is 13.3 Å². The lowest BCUT2D eigenvalue weighted by molar-refractivity contribution is 0.174. The monoisotopic (exact) mass is 353 g/mol. The van der Waals surface area contributed by atoms with Crippen LogP contribution in [-0.4, -0.2) is 16.8 Å². The van der Waals surface area contributed by atoms with Gasteiger partial charge in [0.25, 0.3) is 0 Å². The second-order valence-electron chi connectivity index (χ2n) is 6.80. The molecule has 3 heterocycles. The second kappa shape index (κ2) is 5.88. The Morgan fingerprint density at radius 1 is 1.24 bits per heavy atom. The predicted octanol–water partition coefficient (Wildman–Crippen LogP) is 4.16. The van der Waals surface area contributed by atoms with E-state index in [4.69, 9.17) is 9.47 Å². The molecule has 1 aromatic carbocycles. The van der Waals surface area contributed by atoms with Gasteiger partial charge in [0, 0.05) is 11.4 Å². The summed E-state index contributed by atoms with van der Waals surface area (Å²) in [5.74, 6) is 3.33. The highest BCUT2D eigenvalue weighted by atomic mass is 32.1. The quantitative estimate of drug-likeness (QED) is 0.766. The van der Waals surface area contributed by atoms with E-state index >= 15 is 0 Å². The van der Waals surface area contributed by atoms with E-state index < -0.39 is 0 Å². The Hall–Kier alpha value is -2.34. The smallest absolute Gasteiger partial charge is 0.231 e. The third kappa shape index (κ3) is 2.61. The summed E-state index contributed by atoms with van der Waals surface area (Å²) in [7, 11) is 0. The van der Waals surface area contributed by atoms with Crippen LogP contribution in [0.25, 0.3) is 10.2 Å². The molecular weight excluding hydrogens is 334 g/mol. The average molecular weight is 353 g/mol. The summed E-state index contributed by atoms with van der Waals surface area (Å²) in [6.07, 6.45) is 5.20. The highest BCUT2D eigenvalue weighted by Crippen LogP contribution is 2.40. The first-order valence-corrected chi connectivity index (χ1v) is 9.47. The van der Waals surface area contributed by atoms with Crippen LogP contribution in [0.3, 0.4) is 0 Å². The Kier molecular flexibility index (Phi) is 3.52. The Morgan fingerprint density at radius 2 is 2.16 bits per heavy atom. The van der Waals surface area contributed by atoms with Crippen LogP contribution in [0.15, 0.2) is 24.5 Å². The van der Waals surface area contributed by atoms with Crippen molar-refractivity contribution >= 4 is 27.4 Å². The first-order valence-electron chi connectivity index (χ1n) is 8.65. The molecule has 128 valence electrons. The fourth-order valence-electron chi connectivity index (χ4n) is 3.65. The van der Waals surface area contributed by atoms with Crippen LogP contribution in [0.1, 0.15) is 29.3 Å². The van der Waals surface area contributed by atoms with Crippen LogP contribution in [0.5, 0.6) is 11.5 Å². The van der Waals surface area contributed by atoms with Crippen LogP contribution in [-0.2, 0) is 19.4 Å². The molecule has 0 radical (unpaired) electrons. The topological polar surface area (TPSA) is 56.3 Å². The van der Waals surface area contributed by atoms with Gasteiger partial charge < -0.3 is 14.8 Å². The summed E-state index contributed by atoms with van der Waals surface area (Å²) < 4.78 is 10.8. The number of thiophene rings is 1. The molecule has 2 aliphatic rings. The molecule has 0 amide bonds. The van der Waals surface area contributed by atoms with Crippen molar-refractivity contribution in [2.75, 3.05) is 12.1 Å². The van der Waals surface area contributed by atoms with Gasteiger partial charge in [-0.1, -0.05) is 13.0 Å². The number of nitrogens with zero attached hydrogens (tertiary/aromatic N) is 2. The van der Waals surface area contributed by atoms with Crippen molar-refractivity contribution in [3.63, 3.8) is 0 Å². The Labute approximate surface area is 150 Å². The highest BCUT2D eigenvalue weighted by Gasteiger charge is 2.23. The first-order chi connectivity index (χ1) is 12.3. The zero-order valence-electron chi connectivity index (χ0n) is 14.0. The maximum Gasteiger partial charge on any atom is 0.231 e. The Bertz CT molecular complexity index is 953. The van der Waals surface area contributed by atoms with Crippen LogP contribution in [0.2, 0.25) is 0 Å². The Morgan fingerprint density at radius 3 is 3.12 bits per heavy atom. The molecule has 1 N–H and O–H groups in total. The number of ether oxygens (including phenoxy) is 2. The number of aromatic nitrogens is 2. The lowest BCUT2D eigenvalue weighted by atomic mass is 9.89. The lowest BCUT2D eigenvalue weighted by Crippen LogP contribution is -2.09. The molecule has 0 unspecified atom stereocenters. The molecule has 2 aromatic heterocycles. The molecular formula is C19H19N3O2S. The molecule has 1 aliphatic carbocycles. The van der Waals surface area contributed by atoms with Gasteiger partial charge in [-0.2, -0.15) is 0 Å². The Balaban J connectivity index is 1.45. The molecule has 1 atom stereocenters. The van der Waals surface area contributed by atoms with Crippen LogP contribution in [0.4, 0.5) is 5.82 Å². The number of benzene rings is 1. The van der Waals surface area contributed by atoms with Crippen LogP contribution in [0, 0.1) is 5.92 Å². The molecule has 25 heavy (non-hydrogen) atoms. The molecule has 3 aromatic rings. The zero-order chi connectivity index (χ0) is 16.8. The molecule has 0 saturated heterocycles. The molecule has 0 bridgehead atoms. The van der Waals surface area contributed by atoms with Gasteiger partial charge in [-0.05, 0) is 48.4 Å². The largest absolute Gasteiger partial charge is 0.454 e. The summed E-state index contributed by atoms with van der Waals surface area (Å²) >= 11 is 1.83. The highest BCUT2D eigenvalue weighted by molar-refractivity contribution is 7.19. The van der Waals surface area contributed by atoms with E-state index in [1.54, 1.807) is 6.33 Å². The number of aryl methyl sites for hydroxylation is 1. The van der Waals surface area contributed by atoms with E-state index in [-0.39, 0.29) is 0 Å². The van der Waals surface area contributed by atoms with Crippen molar-refractivity contribution in [1.82, 2.24) is 9.97 Å². The van der Waals surface area contributed by atoms with Crippen LogP contribution >= 0.6 is 11.3 Å². The van der Waals surface area contributed by atoms with Gasteiger partial charge >= 0.3 is 0 Å². The molecule has 5 nitrogen and oxygen atoms in total. The normalized spacial score (nSPS) is 18.4. The van der Waals surface area contributed by atoms with Crippen molar-refractivity contribution in [2.24, 2.45) is 5.92 Å². The van der Waals surface area contributed by atoms with E-state index in [0.717, 1.165) is 46.5 Å². The number of fused-ring (bicyclic) bond motifs is 4. The summed E-state index contributed by atoms with van der Waals surface area (Å²) in [5, 5.41) is 4.72. The molecule has 0 saturated carbocycles. The zero-order valence-corrected chi connectivity index (χ0v) is 14.9. The standard InChI is InChI=1S/C19H19N3O2S/c1-11-2-4-13-16(6-11)25-19-17(13)18(21-9-22-19)20-8-12-3-5-14-15(7-12)24-10-23-14/h3,5,7,9,11H,2,4,6,8,10H2,1H3,(H,20,21,22)/t11-/m0/s1. The number of hydrogen-bond donors (Lipinski definition) is 1. The average Bonchev–Trinajstić information content (AvgIpc) is 3.22. The van der Waals surface area contributed by atoms with Gasteiger partial charge in [-0.15, -0.1) is 11.3 Å².